The predicted octanol–water partition coefficient (Wildman–Crippen LogP) is 0.910. The molecule has 0 aliphatic carbocycles. The van der Waals surface area contributed by atoms with E-state index in [1.807, 2.05) is 30.3 Å². The maximum Gasteiger partial charge on any atom is 0.243 e. The van der Waals surface area contributed by atoms with Crippen LogP contribution < -0.4 is 10.6 Å². The molecule has 0 saturated heterocycles. The summed E-state index contributed by atoms with van der Waals surface area (Å²) in [6.45, 7) is 1.36. The molecule has 0 fully saturated rings. The van der Waals surface area contributed by atoms with Gasteiger partial charge in [-0.15, -0.1) is 0 Å². The predicted molar refractivity (Wildman–Crippen MR) is 62.3 cm³/mol. The van der Waals surface area contributed by atoms with Crippen molar-refractivity contribution >= 4 is 17.9 Å². The second kappa shape index (κ2) is 6.40. The third-order valence-corrected chi connectivity index (χ3v) is 1.82. The first-order valence-corrected chi connectivity index (χ1v) is 4.94. The number of rotatable bonds is 4. The van der Waals surface area contributed by atoms with Gasteiger partial charge in [0, 0.05) is 13.1 Å². The molecule has 16 heavy (non-hydrogen) atoms. The van der Waals surface area contributed by atoms with Crippen LogP contribution in [-0.2, 0) is 9.59 Å². The van der Waals surface area contributed by atoms with Crippen molar-refractivity contribution in [3.8, 4) is 0 Å². The lowest BCUT2D eigenvalue weighted by molar-refractivity contribution is -0.124. The van der Waals surface area contributed by atoms with Crippen LogP contribution in [0.15, 0.2) is 36.5 Å². The van der Waals surface area contributed by atoms with E-state index < -0.39 is 0 Å². The van der Waals surface area contributed by atoms with Gasteiger partial charge in [-0.2, -0.15) is 0 Å². The Morgan fingerprint density at radius 2 is 1.94 bits per heavy atom. The number of hydrogen-bond acceptors (Lipinski definition) is 2. The molecule has 0 bridgehead atoms. The highest BCUT2D eigenvalue weighted by Crippen LogP contribution is 1.99. The molecule has 0 heterocycles. The molecule has 0 spiro atoms. The number of benzene rings is 1. The topological polar surface area (TPSA) is 58.2 Å². The molecule has 0 radical (unpaired) electrons. The zero-order chi connectivity index (χ0) is 11.8. The Labute approximate surface area is 94.4 Å². The molecule has 0 aromatic heterocycles. The van der Waals surface area contributed by atoms with Gasteiger partial charge in [-0.25, -0.2) is 0 Å². The summed E-state index contributed by atoms with van der Waals surface area (Å²) < 4.78 is 0. The largest absolute Gasteiger partial charge is 0.347 e. The zero-order valence-electron chi connectivity index (χ0n) is 9.07. The molecule has 4 heteroatoms. The van der Waals surface area contributed by atoms with Crippen LogP contribution in [0.5, 0.6) is 0 Å². The molecule has 4 nitrogen and oxygen atoms in total. The summed E-state index contributed by atoms with van der Waals surface area (Å²) in [6.07, 6.45) is 3.34. The van der Waals surface area contributed by atoms with Gasteiger partial charge in [-0.3, -0.25) is 9.59 Å². The summed E-state index contributed by atoms with van der Waals surface area (Å²) in [5.74, 6) is -0.468. The van der Waals surface area contributed by atoms with Crippen molar-refractivity contribution in [3.05, 3.63) is 42.1 Å². The maximum absolute atomic E-state index is 11.2. The molecular formula is C12H14N2O2. The minimum absolute atomic E-state index is 0.00549. The molecule has 0 atom stereocenters. The fraction of sp³-hybridized carbons (Fsp3) is 0.167. The molecule has 0 aliphatic heterocycles. The molecule has 1 aromatic carbocycles. The number of amides is 2. The summed E-state index contributed by atoms with van der Waals surface area (Å²) in [5.41, 5.74) is 1.00. The van der Waals surface area contributed by atoms with Crippen LogP contribution in [0, 0.1) is 0 Å². The number of nitrogens with one attached hydrogen (secondary N) is 2. The van der Waals surface area contributed by atoms with E-state index in [-0.39, 0.29) is 18.4 Å². The third-order valence-electron chi connectivity index (χ3n) is 1.82. The number of hydrogen-bond donors (Lipinski definition) is 2. The Kier molecular flexibility index (Phi) is 4.79. The van der Waals surface area contributed by atoms with Crippen LogP contribution in [0.25, 0.3) is 6.08 Å². The third kappa shape index (κ3) is 4.95. The van der Waals surface area contributed by atoms with Gasteiger partial charge in [0.1, 0.15) is 0 Å². The van der Waals surface area contributed by atoms with Crippen LogP contribution >= 0.6 is 0 Å². The Bertz CT molecular complexity index is 385. The van der Waals surface area contributed by atoms with Gasteiger partial charge in [-0.05, 0) is 11.6 Å². The van der Waals surface area contributed by atoms with E-state index in [1.165, 1.54) is 6.92 Å². The highest BCUT2D eigenvalue weighted by atomic mass is 16.2. The number of carbonyl (C=O) groups is 2. The first-order chi connectivity index (χ1) is 7.68. The quantitative estimate of drug-likeness (QED) is 0.789. The highest BCUT2D eigenvalue weighted by molar-refractivity contribution is 5.84. The lowest BCUT2D eigenvalue weighted by atomic mass is 10.2. The summed E-state index contributed by atoms with van der Waals surface area (Å²) >= 11 is 0. The minimum atomic E-state index is -0.248. The van der Waals surface area contributed by atoms with Crippen molar-refractivity contribution in [1.82, 2.24) is 10.6 Å². The van der Waals surface area contributed by atoms with Crippen molar-refractivity contribution in [2.24, 2.45) is 0 Å². The van der Waals surface area contributed by atoms with Crippen molar-refractivity contribution < 1.29 is 9.59 Å². The maximum atomic E-state index is 11.2. The lowest BCUT2D eigenvalue weighted by Crippen LogP contribution is -2.33. The van der Waals surface area contributed by atoms with Gasteiger partial charge in [0.25, 0.3) is 0 Å². The van der Waals surface area contributed by atoms with Gasteiger partial charge in [-0.1, -0.05) is 30.3 Å². The van der Waals surface area contributed by atoms with Crippen molar-refractivity contribution in [3.63, 3.8) is 0 Å². The molecule has 1 aromatic rings. The summed E-state index contributed by atoms with van der Waals surface area (Å²) in [7, 11) is 0. The van der Waals surface area contributed by atoms with Crippen molar-refractivity contribution in [2.45, 2.75) is 6.92 Å². The monoisotopic (exact) mass is 218 g/mol. The van der Waals surface area contributed by atoms with Gasteiger partial charge in [0.15, 0.2) is 0 Å². The van der Waals surface area contributed by atoms with E-state index in [1.54, 1.807) is 12.3 Å². The van der Waals surface area contributed by atoms with Crippen LogP contribution in [0.4, 0.5) is 0 Å². The van der Waals surface area contributed by atoms with Crippen molar-refractivity contribution in [1.29, 1.82) is 0 Å². The molecule has 0 unspecified atom stereocenters. The smallest absolute Gasteiger partial charge is 0.243 e. The zero-order valence-corrected chi connectivity index (χ0v) is 9.07. The molecule has 0 saturated carbocycles. The van der Waals surface area contributed by atoms with E-state index in [0.29, 0.717) is 0 Å². The fourth-order valence-electron chi connectivity index (χ4n) is 1.05. The summed E-state index contributed by atoms with van der Waals surface area (Å²) in [5, 5.41) is 4.96. The summed E-state index contributed by atoms with van der Waals surface area (Å²) in [6, 6.07) is 9.61. The Morgan fingerprint density at radius 3 is 2.56 bits per heavy atom. The Morgan fingerprint density at radius 1 is 1.25 bits per heavy atom. The van der Waals surface area contributed by atoms with Crippen molar-refractivity contribution in [2.75, 3.05) is 6.54 Å². The second-order valence-electron chi connectivity index (χ2n) is 3.22. The average Bonchev–Trinajstić information content (AvgIpc) is 2.28. The average molecular weight is 218 g/mol. The van der Waals surface area contributed by atoms with E-state index in [2.05, 4.69) is 10.6 Å². The summed E-state index contributed by atoms with van der Waals surface area (Å²) in [4.78, 5) is 21.7. The molecule has 2 amide bonds. The first-order valence-electron chi connectivity index (χ1n) is 4.94. The van der Waals surface area contributed by atoms with E-state index in [0.717, 1.165) is 5.56 Å². The van der Waals surface area contributed by atoms with Crippen LogP contribution in [0.3, 0.4) is 0 Å². The van der Waals surface area contributed by atoms with E-state index in [4.69, 9.17) is 0 Å². The molecular weight excluding hydrogens is 204 g/mol. The van der Waals surface area contributed by atoms with Crippen LogP contribution in [0.1, 0.15) is 12.5 Å². The Balaban J connectivity index is 2.32. The Hall–Kier alpha value is -2.10. The molecule has 0 aliphatic rings. The van der Waals surface area contributed by atoms with Crippen LogP contribution in [-0.4, -0.2) is 18.4 Å². The van der Waals surface area contributed by atoms with E-state index in [9.17, 15) is 9.59 Å². The molecule has 2 N–H and O–H groups in total. The SMILES string of the molecule is CC(=O)NCC(=O)NC=Cc1ccccc1. The molecule has 84 valence electrons. The second-order valence-corrected chi connectivity index (χ2v) is 3.22. The first kappa shape index (κ1) is 12.0. The van der Waals surface area contributed by atoms with Gasteiger partial charge >= 0.3 is 0 Å². The van der Waals surface area contributed by atoms with Gasteiger partial charge in [0.05, 0.1) is 6.54 Å². The standard InChI is InChI=1S/C12H14N2O2/c1-10(15)14-9-12(16)13-8-7-11-5-3-2-4-6-11/h2-8H,9H2,1H3,(H,13,16)(H,14,15). The normalized spacial score (nSPS) is 10.1. The highest BCUT2D eigenvalue weighted by Gasteiger charge is 1.98. The van der Waals surface area contributed by atoms with Crippen LogP contribution in [0.2, 0.25) is 0 Å². The minimum Gasteiger partial charge on any atom is -0.347 e. The number of carbonyl (C=O) groups excluding carboxylic acids is 2. The van der Waals surface area contributed by atoms with Gasteiger partial charge < -0.3 is 10.6 Å². The fourth-order valence-corrected chi connectivity index (χ4v) is 1.05. The lowest BCUT2D eigenvalue weighted by Gasteiger charge is -2.00. The molecule has 1 rings (SSSR count). The van der Waals surface area contributed by atoms with E-state index >= 15 is 0 Å². The van der Waals surface area contributed by atoms with Gasteiger partial charge in [0.2, 0.25) is 11.8 Å².